The number of benzene rings is 1. The highest BCUT2D eigenvalue weighted by Gasteiger charge is 2.30. The van der Waals surface area contributed by atoms with Gasteiger partial charge in [-0.2, -0.15) is 0 Å². The first-order valence-electron chi connectivity index (χ1n) is 7.08. The van der Waals surface area contributed by atoms with E-state index >= 15 is 0 Å². The lowest BCUT2D eigenvalue weighted by atomic mass is 10.0. The Bertz CT molecular complexity index is 586. The summed E-state index contributed by atoms with van der Waals surface area (Å²) in [5, 5.41) is 0.814. The number of rotatable bonds is 5. The molecule has 1 heterocycles. The average molecular weight is 278 g/mol. The van der Waals surface area contributed by atoms with Gasteiger partial charge in [-0.3, -0.25) is 0 Å². The van der Waals surface area contributed by atoms with Gasteiger partial charge in [0.15, 0.2) is 0 Å². The third-order valence-electron chi connectivity index (χ3n) is 3.88. The fraction of sp³-hybridized carbons (Fsp3) is 0.533. The Morgan fingerprint density at radius 3 is 2.95 bits per heavy atom. The number of aromatic nitrogens is 2. The van der Waals surface area contributed by atoms with Gasteiger partial charge >= 0.3 is 0 Å². The SMILES string of the molecule is CC(CCCN)c1nc2cccc(Cl)c2n1C1CC1. The van der Waals surface area contributed by atoms with Crippen LogP contribution in [0.3, 0.4) is 0 Å². The first kappa shape index (κ1) is 12.9. The first-order chi connectivity index (χ1) is 9.22. The summed E-state index contributed by atoms with van der Waals surface area (Å²) in [6.07, 6.45) is 4.62. The normalized spacial score (nSPS) is 17.0. The molecule has 19 heavy (non-hydrogen) atoms. The van der Waals surface area contributed by atoms with Crippen LogP contribution in [0.15, 0.2) is 18.2 Å². The molecule has 1 fully saturated rings. The molecule has 0 amide bonds. The Hall–Kier alpha value is -1.06. The molecule has 0 aliphatic heterocycles. The van der Waals surface area contributed by atoms with Crippen molar-refractivity contribution in [3.63, 3.8) is 0 Å². The van der Waals surface area contributed by atoms with Crippen LogP contribution in [0.5, 0.6) is 0 Å². The second-order valence-electron chi connectivity index (χ2n) is 5.51. The molecule has 0 saturated heterocycles. The first-order valence-corrected chi connectivity index (χ1v) is 7.46. The maximum absolute atomic E-state index is 6.38. The number of fused-ring (bicyclic) bond motifs is 1. The topological polar surface area (TPSA) is 43.8 Å². The molecule has 0 spiro atoms. The van der Waals surface area contributed by atoms with Gasteiger partial charge in [0.2, 0.25) is 0 Å². The molecule has 1 aromatic carbocycles. The summed E-state index contributed by atoms with van der Waals surface area (Å²) in [5.74, 6) is 1.62. The summed E-state index contributed by atoms with van der Waals surface area (Å²) < 4.78 is 2.37. The molecule has 3 nitrogen and oxygen atoms in total. The van der Waals surface area contributed by atoms with E-state index in [1.165, 1.54) is 18.7 Å². The van der Waals surface area contributed by atoms with Crippen LogP contribution in [0, 0.1) is 0 Å². The number of imidazole rings is 1. The molecule has 1 unspecified atom stereocenters. The van der Waals surface area contributed by atoms with E-state index < -0.39 is 0 Å². The summed E-state index contributed by atoms with van der Waals surface area (Å²) in [6, 6.07) is 6.58. The van der Waals surface area contributed by atoms with E-state index in [-0.39, 0.29) is 0 Å². The minimum absolute atomic E-state index is 0.438. The van der Waals surface area contributed by atoms with E-state index in [9.17, 15) is 0 Å². The molecule has 2 aromatic rings. The molecule has 2 N–H and O–H groups in total. The number of halogens is 1. The summed E-state index contributed by atoms with van der Waals surface area (Å²) in [4.78, 5) is 4.83. The Kier molecular flexibility index (Phi) is 3.50. The highest BCUT2D eigenvalue weighted by atomic mass is 35.5. The van der Waals surface area contributed by atoms with Crippen molar-refractivity contribution in [2.75, 3.05) is 6.54 Å². The van der Waals surface area contributed by atoms with Crippen LogP contribution in [0.25, 0.3) is 11.0 Å². The van der Waals surface area contributed by atoms with Crippen LogP contribution in [0.4, 0.5) is 0 Å². The van der Waals surface area contributed by atoms with Gasteiger partial charge in [0.25, 0.3) is 0 Å². The van der Waals surface area contributed by atoms with Crippen LogP contribution >= 0.6 is 11.6 Å². The van der Waals surface area contributed by atoms with E-state index in [4.69, 9.17) is 22.3 Å². The molecule has 3 rings (SSSR count). The van der Waals surface area contributed by atoms with Crippen molar-refractivity contribution < 1.29 is 0 Å². The molecule has 0 radical (unpaired) electrons. The Morgan fingerprint density at radius 2 is 2.26 bits per heavy atom. The summed E-state index contributed by atoms with van der Waals surface area (Å²) >= 11 is 6.38. The predicted octanol–water partition coefficient (Wildman–Crippen LogP) is 3.87. The van der Waals surface area contributed by atoms with Gasteiger partial charge in [0.05, 0.1) is 16.1 Å². The van der Waals surface area contributed by atoms with E-state index in [0.29, 0.717) is 12.0 Å². The summed E-state index contributed by atoms with van der Waals surface area (Å²) in [7, 11) is 0. The standard InChI is InChI=1S/C15H20ClN3/c1-10(4-3-9-17)15-18-13-6-2-5-12(16)14(13)19(15)11-7-8-11/h2,5-6,10-11H,3-4,7-9,17H2,1H3. The second kappa shape index (κ2) is 5.14. The van der Waals surface area contributed by atoms with Crippen LogP contribution < -0.4 is 5.73 Å². The van der Waals surface area contributed by atoms with Crippen LogP contribution in [0.1, 0.15) is 50.4 Å². The number of para-hydroxylation sites is 1. The number of hydrogen-bond donors (Lipinski definition) is 1. The maximum atomic E-state index is 6.38. The average Bonchev–Trinajstić information content (AvgIpc) is 3.16. The quantitative estimate of drug-likeness (QED) is 0.902. The molecule has 1 aliphatic rings. The molecule has 0 bridgehead atoms. The molecule has 1 atom stereocenters. The summed E-state index contributed by atoms with van der Waals surface area (Å²) in [6.45, 7) is 2.98. The smallest absolute Gasteiger partial charge is 0.113 e. The van der Waals surface area contributed by atoms with Gasteiger partial charge in [-0.25, -0.2) is 4.98 Å². The van der Waals surface area contributed by atoms with Crippen molar-refractivity contribution in [3.8, 4) is 0 Å². The lowest BCUT2D eigenvalue weighted by molar-refractivity contribution is 0.570. The van der Waals surface area contributed by atoms with Crippen LogP contribution in [-0.2, 0) is 0 Å². The Balaban J connectivity index is 2.08. The van der Waals surface area contributed by atoms with Crippen molar-refractivity contribution in [1.29, 1.82) is 0 Å². The maximum Gasteiger partial charge on any atom is 0.113 e. The second-order valence-corrected chi connectivity index (χ2v) is 5.92. The van der Waals surface area contributed by atoms with E-state index in [0.717, 1.165) is 35.4 Å². The molecule has 1 saturated carbocycles. The number of hydrogen-bond acceptors (Lipinski definition) is 2. The highest BCUT2D eigenvalue weighted by molar-refractivity contribution is 6.35. The van der Waals surface area contributed by atoms with E-state index in [2.05, 4.69) is 17.6 Å². The van der Waals surface area contributed by atoms with E-state index in [1.807, 2.05) is 12.1 Å². The van der Waals surface area contributed by atoms with Gasteiger partial charge in [0, 0.05) is 12.0 Å². The third-order valence-corrected chi connectivity index (χ3v) is 4.19. The van der Waals surface area contributed by atoms with Crippen molar-refractivity contribution in [2.45, 2.75) is 44.6 Å². The largest absolute Gasteiger partial charge is 0.330 e. The lowest BCUT2D eigenvalue weighted by Gasteiger charge is -2.14. The molecule has 102 valence electrons. The molecule has 1 aliphatic carbocycles. The van der Waals surface area contributed by atoms with Crippen LogP contribution in [0.2, 0.25) is 5.02 Å². The van der Waals surface area contributed by atoms with Crippen molar-refractivity contribution in [3.05, 3.63) is 29.0 Å². The fourth-order valence-electron chi connectivity index (χ4n) is 2.73. The monoisotopic (exact) mass is 277 g/mol. The van der Waals surface area contributed by atoms with Gasteiger partial charge in [-0.1, -0.05) is 24.6 Å². The lowest BCUT2D eigenvalue weighted by Crippen LogP contribution is -2.08. The van der Waals surface area contributed by atoms with E-state index in [1.54, 1.807) is 0 Å². The minimum Gasteiger partial charge on any atom is -0.330 e. The predicted molar refractivity (Wildman–Crippen MR) is 79.7 cm³/mol. The van der Waals surface area contributed by atoms with Gasteiger partial charge in [-0.15, -0.1) is 0 Å². The zero-order valence-electron chi connectivity index (χ0n) is 11.3. The molecular formula is C15H20ClN3. The zero-order chi connectivity index (χ0) is 13.4. The van der Waals surface area contributed by atoms with Crippen LogP contribution in [-0.4, -0.2) is 16.1 Å². The number of nitrogens with zero attached hydrogens (tertiary/aromatic N) is 2. The van der Waals surface area contributed by atoms with Crippen molar-refractivity contribution in [1.82, 2.24) is 9.55 Å². The Morgan fingerprint density at radius 1 is 1.47 bits per heavy atom. The van der Waals surface area contributed by atoms with Crippen molar-refractivity contribution in [2.24, 2.45) is 5.73 Å². The fourth-order valence-corrected chi connectivity index (χ4v) is 2.99. The minimum atomic E-state index is 0.438. The molecule has 4 heteroatoms. The number of nitrogens with two attached hydrogens (primary N) is 1. The zero-order valence-corrected chi connectivity index (χ0v) is 12.0. The highest BCUT2D eigenvalue weighted by Crippen LogP contribution is 2.42. The van der Waals surface area contributed by atoms with Gasteiger partial charge < -0.3 is 10.3 Å². The Labute approximate surface area is 118 Å². The van der Waals surface area contributed by atoms with Gasteiger partial charge in [-0.05, 0) is 44.4 Å². The summed E-state index contributed by atoms with van der Waals surface area (Å²) in [5.41, 5.74) is 7.75. The van der Waals surface area contributed by atoms with Crippen molar-refractivity contribution >= 4 is 22.6 Å². The van der Waals surface area contributed by atoms with Gasteiger partial charge in [0.1, 0.15) is 5.82 Å². The third kappa shape index (κ3) is 2.37. The molecule has 1 aromatic heterocycles. The molecular weight excluding hydrogens is 258 g/mol.